The molecule has 136 valence electrons. The van der Waals surface area contributed by atoms with Crippen LogP contribution in [0.2, 0.25) is 0 Å². The molecule has 2 aromatic carbocycles. The van der Waals surface area contributed by atoms with Gasteiger partial charge in [-0.05, 0) is 23.8 Å². The van der Waals surface area contributed by atoms with E-state index in [0.29, 0.717) is 17.8 Å². The number of nitro benzene ring substituents is 1. The van der Waals surface area contributed by atoms with Crippen LogP contribution in [-0.2, 0) is 17.9 Å². The van der Waals surface area contributed by atoms with Crippen LogP contribution in [-0.4, -0.2) is 20.6 Å². The van der Waals surface area contributed by atoms with Crippen molar-refractivity contribution in [3.63, 3.8) is 0 Å². The maximum atomic E-state index is 12.1. The molecule has 0 atom stereocenters. The Balaban J connectivity index is 1.72. The normalized spacial score (nSPS) is 10.4. The van der Waals surface area contributed by atoms with E-state index >= 15 is 0 Å². The number of non-ortho nitro benzene ring substituents is 1. The number of hydrogen-bond acceptors (Lipinski definition) is 5. The van der Waals surface area contributed by atoms with Gasteiger partial charge in [0.05, 0.1) is 10.6 Å². The quantitative estimate of drug-likeness (QED) is 0.533. The molecule has 27 heavy (non-hydrogen) atoms. The Labute approximate surface area is 154 Å². The second-order valence-corrected chi connectivity index (χ2v) is 5.78. The summed E-state index contributed by atoms with van der Waals surface area (Å²) in [6, 6.07) is 18.1. The molecule has 0 aliphatic rings. The van der Waals surface area contributed by atoms with E-state index in [2.05, 4.69) is 10.4 Å². The third-order valence-electron chi connectivity index (χ3n) is 3.87. The first kappa shape index (κ1) is 18.0. The lowest BCUT2D eigenvalue weighted by atomic mass is 10.1. The van der Waals surface area contributed by atoms with Crippen molar-refractivity contribution in [1.29, 1.82) is 0 Å². The molecule has 0 fully saturated rings. The monoisotopic (exact) mass is 364 g/mol. The van der Waals surface area contributed by atoms with Crippen molar-refractivity contribution in [1.82, 2.24) is 15.1 Å². The molecule has 8 nitrogen and oxygen atoms in total. The van der Waals surface area contributed by atoms with E-state index in [1.54, 1.807) is 12.1 Å². The maximum absolute atomic E-state index is 12.1. The number of benzene rings is 2. The first-order chi connectivity index (χ1) is 13.0. The van der Waals surface area contributed by atoms with Crippen LogP contribution in [0.1, 0.15) is 5.56 Å². The van der Waals surface area contributed by atoms with E-state index in [-0.39, 0.29) is 18.1 Å². The van der Waals surface area contributed by atoms with Gasteiger partial charge in [-0.3, -0.25) is 19.7 Å². The molecule has 0 saturated carbocycles. The Morgan fingerprint density at radius 2 is 1.74 bits per heavy atom. The fourth-order valence-electron chi connectivity index (χ4n) is 2.46. The molecule has 8 heteroatoms. The van der Waals surface area contributed by atoms with E-state index in [0.717, 1.165) is 10.2 Å². The third-order valence-corrected chi connectivity index (χ3v) is 3.87. The van der Waals surface area contributed by atoms with Crippen LogP contribution in [0, 0.1) is 10.1 Å². The molecule has 3 rings (SSSR count). The fraction of sp³-hybridized carbons (Fsp3) is 0.105. The van der Waals surface area contributed by atoms with Crippen molar-refractivity contribution in [2.45, 2.75) is 13.1 Å². The van der Waals surface area contributed by atoms with Crippen molar-refractivity contribution in [3.05, 3.63) is 92.8 Å². The molecule has 0 aliphatic heterocycles. The number of rotatable bonds is 6. The molecule has 0 aliphatic carbocycles. The van der Waals surface area contributed by atoms with Gasteiger partial charge in [-0.2, -0.15) is 5.10 Å². The van der Waals surface area contributed by atoms with Gasteiger partial charge < -0.3 is 5.32 Å². The summed E-state index contributed by atoms with van der Waals surface area (Å²) in [4.78, 5) is 34.3. The van der Waals surface area contributed by atoms with E-state index in [4.69, 9.17) is 0 Å². The smallest absolute Gasteiger partial charge is 0.269 e. The highest BCUT2D eigenvalue weighted by Crippen LogP contribution is 2.19. The molecule has 0 bridgehead atoms. The number of amides is 1. The molecule has 0 radical (unpaired) electrons. The Morgan fingerprint density at radius 3 is 2.41 bits per heavy atom. The average Bonchev–Trinajstić information content (AvgIpc) is 2.69. The van der Waals surface area contributed by atoms with E-state index in [1.807, 2.05) is 30.3 Å². The predicted octanol–water partition coefficient (Wildman–Crippen LogP) is 2.13. The summed E-state index contributed by atoms with van der Waals surface area (Å²) in [5.74, 6) is -0.339. The Bertz CT molecular complexity index is 1010. The summed E-state index contributed by atoms with van der Waals surface area (Å²) in [5.41, 5.74) is 1.56. The van der Waals surface area contributed by atoms with Gasteiger partial charge in [0.15, 0.2) is 0 Å². The lowest BCUT2D eigenvalue weighted by Crippen LogP contribution is -2.33. The van der Waals surface area contributed by atoms with Gasteiger partial charge in [0.1, 0.15) is 6.54 Å². The van der Waals surface area contributed by atoms with Gasteiger partial charge in [-0.25, -0.2) is 4.68 Å². The number of nitrogens with zero attached hydrogens (tertiary/aromatic N) is 3. The van der Waals surface area contributed by atoms with Gasteiger partial charge >= 0.3 is 0 Å². The zero-order valence-electron chi connectivity index (χ0n) is 14.2. The lowest BCUT2D eigenvalue weighted by molar-refractivity contribution is -0.384. The molecular formula is C19H16N4O4. The summed E-state index contributed by atoms with van der Waals surface area (Å²) >= 11 is 0. The topological polar surface area (TPSA) is 107 Å². The molecule has 0 saturated heterocycles. The maximum Gasteiger partial charge on any atom is 0.269 e. The first-order valence-electron chi connectivity index (χ1n) is 8.16. The van der Waals surface area contributed by atoms with Crippen molar-refractivity contribution in [2.24, 2.45) is 0 Å². The molecular weight excluding hydrogens is 348 g/mol. The van der Waals surface area contributed by atoms with Gasteiger partial charge in [-0.1, -0.05) is 30.3 Å². The number of carbonyl (C=O) groups excluding carboxylic acids is 1. The molecule has 1 N–H and O–H groups in total. The van der Waals surface area contributed by atoms with Crippen LogP contribution in [0.3, 0.4) is 0 Å². The minimum atomic E-state index is -0.491. The molecule has 3 aromatic rings. The van der Waals surface area contributed by atoms with Crippen LogP contribution in [0.5, 0.6) is 0 Å². The number of nitro groups is 1. The Kier molecular flexibility index (Phi) is 5.36. The van der Waals surface area contributed by atoms with Crippen molar-refractivity contribution >= 4 is 11.6 Å². The van der Waals surface area contributed by atoms with Crippen LogP contribution >= 0.6 is 0 Å². The number of nitrogens with one attached hydrogen (secondary N) is 1. The predicted molar refractivity (Wildman–Crippen MR) is 98.9 cm³/mol. The second-order valence-electron chi connectivity index (χ2n) is 5.78. The van der Waals surface area contributed by atoms with Crippen LogP contribution in [0.15, 0.2) is 71.5 Å². The molecule has 0 spiro atoms. The van der Waals surface area contributed by atoms with Crippen LogP contribution in [0.4, 0.5) is 5.69 Å². The highest BCUT2D eigenvalue weighted by atomic mass is 16.6. The van der Waals surface area contributed by atoms with Crippen molar-refractivity contribution in [2.75, 3.05) is 0 Å². The Morgan fingerprint density at radius 1 is 1.04 bits per heavy atom. The van der Waals surface area contributed by atoms with Gasteiger partial charge in [-0.15, -0.1) is 0 Å². The van der Waals surface area contributed by atoms with Gasteiger partial charge in [0.2, 0.25) is 5.91 Å². The number of aromatic nitrogens is 2. The Hall–Kier alpha value is -3.81. The molecule has 1 aromatic heterocycles. The van der Waals surface area contributed by atoms with Gasteiger partial charge in [0, 0.05) is 30.3 Å². The molecule has 1 amide bonds. The number of carbonyl (C=O) groups is 1. The average molecular weight is 364 g/mol. The second kappa shape index (κ2) is 8.05. The van der Waals surface area contributed by atoms with Crippen LogP contribution in [0.25, 0.3) is 11.3 Å². The third kappa shape index (κ3) is 4.63. The minimum absolute atomic E-state index is 0.0349. The standard InChI is InChI=1S/C19H16N4O4/c24-18(20-12-14-4-2-1-3-5-14)13-22-19(25)11-10-17(21-22)15-6-8-16(9-7-15)23(26)27/h1-11H,12-13H2,(H,20,24). The minimum Gasteiger partial charge on any atom is -0.350 e. The summed E-state index contributed by atoms with van der Waals surface area (Å²) in [5, 5.41) is 17.7. The zero-order chi connectivity index (χ0) is 19.2. The van der Waals surface area contributed by atoms with E-state index < -0.39 is 10.5 Å². The molecule has 1 heterocycles. The largest absolute Gasteiger partial charge is 0.350 e. The SMILES string of the molecule is O=C(Cn1nc(-c2ccc([N+](=O)[O-])cc2)ccc1=O)NCc1ccccc1. The highest BCUT2D eigenvalue weighted by Gasteiger charge is 2.10. The summed E-state index contributed by atoms with van der Waals surface area (Å²) < 4.78 is 1.07. The summed E-state index contributed by atoms with van der Waals surface area (Å²) in [6.45, 7) is 0.142. The molecule has 0 unspecified atom stereocenters. The summed E-state index contributed by atoms with van der Waals surface area (Å²) in [6.07, 6.45) is 0. The lowest BCUT2D eigenvalue weighted by Gasteiger charge is -2.08. The van der Waals surface area contributed by atoms with Crippen molar-refractivity contribution in [3.8, 4) is 11.3 Å². The number of hydrogen-bond donors (Lipinski definition) is 1. The van der Waals surface area contributed by atoms with E-state index in [9.17, 15) is 19.7 Å². The van der Waals surface area contributed by atoms with Gasteiger partial charge in [0.25, 0.3) is 11.2 Å². The highest BCUT2D eigenvalue weighted by molar-refractivity contribution is 5.75. The van der Waals surface area contributed by atoms with Crippen LogP contribution < -0.4 is 10.9 Å². The summed E-state index contributed by atoms with van der Waals surface area (Å²) in [7, 11) is 0. The fourth-order valence-corrected chi connectivity index (χ4v) is 2.46. The zero-order valence-corrected chi connectivity index (χ0v) is 14.2. The first-order valence-corrected chi connectivity index (χ1v) is 8.16. The van der Waals surface area contributed by atoms with Crippen molar-refractivity contribution < 1.29 is 9.72 Å². The van der Waals surface area contributed by atoms with E-state index in [1.165, 1.54) is 24.3 Å².